The topological polar surface area (TPSA) is 58.3 Å². The smallest absolute Gasteiger partial charge is 0.225 e. The number of hydrogen-bond acceptors (Lipinski definition) is 5. The van der Waals surface area contributed by atoms with Gasteiger partial charge in [-0.25, -0.2) is 9.97 Å². The zero-order valence-electron chi connectivity index (χ0n) is 9.96. The Morgan fingerprint density at radius 2 is 1.88 bits per heavy atom. The predicted molar refractivity (Wildman–Crippen MR) is 72.2 cm³/mol. The molecule has 0 bridgehead atoms. The molecule has 2 N–H and O–H groups in total. The minimum atomic E-state index is 0.560. The Morgan fingerprint density at radius 3 is 2.41 bits per heavy atom. The number of thiocarbonyl (C=S) groups is 1. The van der Waals surface area contributed by atoms with E-state index in [1.54, 1.807) is 0 Å². The lowest BCUT2D eigenvalue weighted by atomic mass is 10.3. The van der Waals surface area contributed by atoms with E-state index in [9.17, 15) is 0 Å². The van der Waals surface area contributed by atoms with E-state index in [1.807, 2.05) is 19.3 Å². The van der Waals surface area contributed by atoms with Crippen LogP contribution in [0.1, 0.15) is 5.56 Å². The van der Waals surface area contributed by atoms with E-state index in [2.05, 4.69) is 19.8 Å². The van der Waals surface area contributed by atoms with Crippen LogP contribution in [0.25, 0.3) is 0 Å². The van der Waals surface area contributed by atoms with E-state index < -0.39 is 0 Å². The van der Waals surface area contributed by atoms with Gasteiger partial charge >= 0.3 is 0 Å². The molecule has 6 heteroatoms. The van der Waals surface area contributed by atoms with Crippen LogP contribution in [0, 0.1) is 6.92 Å². The number of rotatable bonds is 3. The molecule has 2 heterocycles. The highest BCUT2D eigenvalue weighted by molar-refractivity contribution is 7.80. The fraction of sp³-hybridized carbons (Fsp3) is 0.545. The molecule has 0 spiro atoms. The Bertz CT molecular complexity index is 383. The van der Waals surface area contributed by atoms with Gasteiger partial charge in [0.2, 0.25) is 5.95 Å². The molecular weight excluding hydrogens is 234 g/mol. The van der Waals surface area contributed by atoms with Gasteiger partial charge in [0.1, 0.15) is 0 Å². The van der Waals surface area contributed by atoms with Crippen molar-refractivity contribution in [1.82, 2.24) is 14.9 Å². The van der Waals surface area contributed by atoms with Gasteiger partial charge in [0.25, 0.3) is 0 Å². The first-order valence-electron chi connectivity index (χ1n) is 5.69. The molecule has 1 aromatic rings. The van der Waals surface area contributed by atoms with Crippen LogP contribution >= 0.6 is 12.2 Å². The number of nitrogens with zero attached hydrogens (tertiary/aromatic N) is 4. The summed E-state index contributed by atoms with van der Waals surface area (Å²) in [4.78, 5) is 13.7. The molecule has 0 amide bonds. The quantitative estimate of drug-likeness (QED) is 0.774. The maximum Gasteiger partial charge on any atom is 0.225 e. The summed E-state index contributed by atoms with van der Waals surface area (Å²) >= 11 is 4.91. The first-order valence-corrected chi connectivity index (χ1v) is 6.10. The molecule has 1 saturated heterocycles. The molecule has 1 aliphatic rings. The van der Waals surface area contributed by atoms with Gasteiger partial charge in [0.15, 0.2) is 0 Å². The number of anilines is 1. The molecule has 92 valence electrons. The fourth-order valence-corrected chi connectivity index (χ4v) is 2.06. The van der Waals surface area contributed by atoms with Gasteiger partial charge in [0, 0.05) is 45.1 Å². The first-order chi connectivity index (χ1) is 8.15. The molecule has 2 rings (SSSR count). The SMILES string of the molecule is Cc1cnc(N2CCN(CC(N)=S)CC2)nc1. The van der Waals surface area contributed by atoms with Crippen LogP contribution in [0.2, 0.25) is 0 Å². The molecule has 0 saturated carbocycles. The average Bonchev–Trinajstić information content (AvgIpc) is 2.30. The molecule has 0 unspecified atom stereocenters. The minimum Gasteiger partial charge on any atom is -0.392 e. The molecule has 1 fully saturated rings. The summed E-state index contributed by atoms with van der Waals surface area (Å²) in [6, 6.07) is 0. The van der Waals surface area contributed by atoms with Crippen LogP contribution in [0.5, 0.6) is 0 Å². The van der Waals surface area contributed by atoms with Gasteiger partial charge in [-0.3, -0.25) is 4.90 Å². The summed E-state index contributed by atoms with van der Waals surface area (Å²) in [6.45, 7) is 6.45. The third kappa shape index (κ3) is 3.34. The molecule has 1 aliphatic heterocycles. The molecular formula is C11H17N5S. The zero-order chi connectivity index (χ0) is 12.3. The summed E-state index contributed by atoms with van der Waals surface area (Å²) in [5, 5.41) is 0. The average molecular weight is 251 g/mol. The molecule has 0 aromatic carbocycles. The number of aromatic nitrogens is 2. The largest absolute Gasteiger partial charge is 0.392 e. The lowest BCUT2D eigenvalue weighted by Crippen LogP contribution is -2.49. The van der Waals surface area contributed by atoms with Crippen LogP contribution in [0.3, 0.4) is 0 Å². The lowest BCUT2D eigenvalue weighted by Gasteiger charge is -2.34. The maximum absolute atomic E-state index is 5.54. The summed E-state index contributed by atoms with van der Waals surface area (Å²) in [7, 11) is 0. The van der Waals surface area contributed by atoms with Crippen LogP contribution in [0.15, 0.2) is 12.4 Å². The monoisotopic (exact) mass is 251 g/mol. The second-order valence-corrected chi connectivity index (χ2v) is 4.81. The molecule has 17 heavy (non-hydrogen) atoms. The van der Waals surface area contributed by atoms with Gasteiger partial charge in [-0.15, -0.1) is 0 Å². The van der Waals surface area contributed by atoms with Gasteiger partial charge in [-0.05, 0) is 12.5 Å². The maximum atomic E-state index is 5.54. The van der Waals surface area contributed by atoms with E-state index in [0.29, 0.717) is 11.5 Å². The highest BCUT2D eigenvalue weighted by atomic mass is 32.1. The van der Waals surface area contributed by atoms with Gasteiger partial charge < -0.3 is 10.6 Å². The third-order valence-corrected chi connectivity index (χ3v) is 2.93. The normalized spacial score (nSPS) is 17.1. The van der Waals surface area contributed by atoms with Crippen LogP contribution in [-0.2, 0) is 0 Å². The zero-order valence-corrected chi connectivity index (χ0v) is 10.8. The standard InChI is InChI=1S/C11H17N5S/c1-9-6-13-11(14-7-9)16-4-2-15(3-5-16)8-10(12)17/h6-7H,2-5,8H2,1H3,(H2,12,17). The van der Waals surface area contributed by atoms with Crippen molar-refractivity contribution in [1.29, 1.82) is 0 Å². The van der Waals surface area contributed by atoms with E-state index >= 15 is 0 Å². The Hall–Kier alpha value is -1.27. The minimum absolute atomic E-state index is 0.560. The van der Waals surface area contributed by atoms with Crippen molar-refractivity contribution < 1.29 is 0 Å². The summed E-state index contributed by atoms with van der Waals surface area (Å²) in [5.41, 5.74) is 6.62. The lowest BCUT2D eigenvalue weighted by molar-refractivity contribution is 0.291. The van der Waals surface area contributed by atoms with E-state index in [0.717, 1.165) is 37.7 Å². The van der Waals surface area contributed by atoms with Crippen LogP contribution in [-0.4, -0.2) is 52.6 Å². The van der Waals surface area contributed by atoms with E-state index in [1.165, 1.54) is 0 Å². The number of nitrogens with two attached hydrogens (primary N) is 1. The Balaban J connectivity index is 1.90. The van der Waals surface area contributed by atoms with Gasteiger partial charge in [0.05, 0.1) is 4.99 Å². The molecule has 5 nitrogen and oxygen atoms in total. The summed E-state index contributed by atoms with van der Waals surface area (Å²) < 4.78 is 0. The van der Waals surface area contributed by atoms with Crippen molar-refractivity contribution in [2.45, 2.75) is 6.92 Å². The van der Waals surface area contributed by atoms with E-state index in [4.69, 9.17) is 18.0 Å². The summed E-state index contributed by atoms with van der Waals surface area (Å²) in [5.74, 6) is 0.811. The van der Waals surface area contributed by atoms with Crippen molar-refractivity contribution in [2.75, 3.05) is 37.6 Å². The Labute approximate surface area is 107 Å². The van der Waals surface area contributed by atoms with Gasteiger partial charge in [-0.2, -0.15) is 0 Å². The molecule has 0 atom stereocenters. The van der Waals surface area contributed by atoms with Crippen LogP contribution in [0.4, 0.5) is 5.95 Å². The van der Waals surface area contributed by atoms with Crippen molar-refractivity contribution >= 4 is 23.2 Å². The molecule has 1 aromatic heterocycles. The number of aryl methyl sites for hydroxylation is 1. The third-order valence-electron chi connectivity index (χ3n) is 2.80. The predicted octanol–water partition coefficient (Wildman–Crippen LogP) is 0.193. The van der Waals surface area contributed by atoms with Gasteiger partial charge in [-0.1, -0.05) is 12.2 Å². The highest BCUT2D eigenvalue weighted by Crippen LogP contribution is 2.10. The second-order valence-electron chi connectivity index (χ2n) is 4.29. The van der Waals surface area contributed by atoms with E-state index in [-0.39, 0.29) is 0 Å². The van der Waals surface area contributed by atoms with Crippen molar-refractivity contribution in [3.05, 3.63) is 18.0 Å². The Kier molecular flexibility index (Phi) is 3.86. The van der Waals surface area contributed by atoms with Crippen molar-refractivity contribution in [2.24, 2.45) is 5.73 Å². The van der Waals surface area contributed by atoms with Crippen LogP contribution < -0.4 is 10.6 Å². The fourth-order valence-electron chi connectivity index (χ4n) is 1.88. The highest BCUT2D eigenvalue weighted by Gasteiger charge is 2.18. The van der Waals surface area contributed by atoms with Crippen molar-refractivity contribution in [3.63, 3.8) is 0 Å². The number of piperazine rings is 1. The second kappa shape index (κ2) is 5.37. The number of hydrogen-bond donors (Lipinski definition) is 1. The Morgan fingerprint density at radius 1 is 1.29 bits per heavy atom. The molecule has 0 radical (unpaired) electrons. The first kappa shape index (κ1) is 12.2. The molecule has 0 aliphatic carbocycles. The van der Waals surface area contributed by atoms with Crippen molar-refractivity contribution in [3.8, 4) is 0 Å². The summed E-state index contributed by atoms with van der Waals surface area (Å²) in [6.07, 6.45) is 3.70.